The second-order valence-corrected chi connectivity index (χ2v) is 2.13. The lowest BCUT2D eigenvalue weighted by atomic mass is 10.4. The molecule has 0 aliphatic rings. The van der Waals surface area contributed by atoms with Gasteiger partial charge in [0.25, 0.3) is 0 Å². The SMILES string of the molecule is COC(=O)CCN(C)C.Cl. The van der Waals surface area contributed by atoms with E-state index in [1.54, 1.807) is 0 Å². The smallest absolute Gasteiger partial charge is 0.306 e. The molecule has 0 rings (SSSR count). The summed E-state index contributed by atoms with van der Waals surface area (Å²) in [6, 6.07) is 0. The largest absolute Gasteiger partial charge is 0.469 e. The van der Waals surface area contributed by atoms with Gasteiger partial charge >= 0.3 is 5.97 Å². The second kappa shape index (κ2) is 6.83. The number of ether oxygens (including phenoxy) is 1. The summed E-state index contributed by atoms with van der Waals surface area (Å²) in [7, 11) is 5.24. The van der Waals surface area contributed by atoms with Crippen molar-refractivity contribution in [2.75, 3.05) is 27.7 Å². The molecule has 3 nitrogen and oxygen atoms in total. The highest BCUT2D eigenvalue weighted by Gasteiger charge is 1.98. The second-order valence-electron chi connectivity index (χ2n) is 2.13. The lowest BCUT2D eigenvalue weighted by Crippen LogP contribution is -2.17. The number of rotatable bonds is 3. The molecule has 0 spiro atoms. The zero-order valence-corrected chi connectivity index (χ0v) is 7.40. The van der Waals surface area contributed by atoms with Gasteiger partial charge in [0.05, 0.1) is 13.5 Å². The lowest BCUT2D eigenvalue weighted by Gasteiger charge is -2.06. The van der Waals surface area contributed by atoms with E-state index in [4.69, 9.17) is 0 Å². The fourth-order valence-corrected chi connectivity index (χ4v) is 0.417. The van der Waals surface area contributed by atoms with Crippen LogP contribution in [0.4, 0.5) is 0 Å². The van der Waals surface area contributed by atoms with E-state index in [9.17, 15) is 4.79 Å². The van der Waals surface area contributed by atoms with Crippen LogP contribution in [0.1, 0.15) is 6.42 Å². The Morgan fingerprint density at radius 3 is 2.30 bits per heavy atom. The van der Waals surface area contributed by atoms with Crippen LogP contribution in [0, 0.1) is 0 Å². The Morgan fingerprint density at radius 2 is 2.00 bits per heavy atom. The van der Waals surface area contributed by atoms with Crippen LogP contribution in [0.15, 0.2) is 0 Å². The Morgan fingerprint density at radius 1 is 1.50 bits per heavy atom. The third-order valence-corrected chi connectivity index (χ3v) is 0.991. The van der Waals surface area contributed by atoms with Crippen molar-refractivity contribution >= 4 is 18.4 Å². The molecule has 0 bridgehead atoms. The zero-order valence-electron chi connectivity index (χ0n) is 6.59. The van der Waals surface area contributed by atoms with Crippen molar-refractivity contribution in [1.29, 1.82) is 0 Å². The quantitative estimate of drug-likeness (QED) is 0.575. The first-order chi connectivity index (χ1) is 4.16. The Labute approximate surface area is 67.8 Å². The first-order valence-corrected chi connectivity index (χ1v) is 2.88. The number of nitrogens with zero attached hydrogens (tertiary/aromatic N) is 1. The molecule has 0 heterocycles. The summed E-state index contributed by atoms with van der Waals surface area (Å²) < 4.78 is 4.43. The number of hydrogen-bond donors (Lipinski definition) is 0. The summed E-state index contributed by atoms with van der Waals surface area (Å²) in [5, 5.41) is 0. The Balaban J connectivity index is 0. The van der Waals surface area contributed by atoms with Crippen LogP contribution < -0.4 is 0 Å². The van der Waals surface area contributed by atoms with Crippen molar-refractivity contribution in [2.45, 2.75) is 6.42 Å². The molecule has 4 heteroatoms. The Kier molecular flexibility index (Phi) is 8.48. The highest BCUT2D eigenvalue weighted by atomic mass is 35.5. The molecule has 0 atom stereocenters. The third kappa shape index (κ3) is 7.72. The molecule has 0 aromatic rings. The molecule has 10 heavy (non-hydrogen) atoms. The van der Waals surface area contributed by atoms with Crippen LogP contribution in [0.3, 0.4) is 0 Å². The zero-order chi connectivity index (χ0) is 7.28. The summed E-state index contributed by atoms with van der Waals surface area (Å²) in [5.41, 5.74) is 0. The fraction of sp³-hybridized carbons (Fsp3) is 0.833. The van der Waals surface area contributed by atoms with Gasteiger partial charge in [-0.05, 0) is 14.1 Å². The maximum Gasteiger partial charge on any atom is 0.306 e. The third-order valence-electron chi connectivity index (χ3n) is 0.991. The average Bonchev–Trinajstić information content (AvgIpc) is 1.83. The van der Waals surface area contributed by atoms with Gasteiger partial charge in [-0.1, -0.05) is 0 Å². The molecule has 0 saturated heterocycles. The fourth-order valence-electron chi connectivity index (χ4n) is 0.417. The van der Waals surface area contributed by atoms with Gasteiger partial charge < -0.3 is 9.64 Å². The van der Waals surface area contributed by atoms with E-state index in [1.165, 1.54) is 7.11 Å². The monoisotopic (exact) mass is 167 g/mol. The summed E-state index contributed by atoms with van der Waals surface area (Å²) in [6.45, 7) is 0.757. The molecule has 0 radical (unpaired) electrons. The standard InChI is InChI=1S/C6H13NO2.ClH/c1-7(2)5-4-6(8)9-3;/h4-5H2,1-3H3;1H. The minimum atomic E-state index is -0.149. The maximum atomic E-state index is 10.5. The predicted molar refractivity (Wildman–Crippen MR) is 42.4 cm³/mol. The molecular formula is C6H14ClNO2. The van der Waals surface area contributed by atoms with Gasteiger partial charge in [0.1, 0.15) is 0 Å². The highest BCUT2D eigenvalue weighted by molar-refractivity contribution is 5.85. The van der Waals surface area contributed by atoms with Crippen LogP contribution in [0.25, 0.3) is 0 Å². The molecule has 0 aliphatic carbocycles. The summed E-state index contributed by atoms with van der Waals surface area (Å²) in [6.07, 6.45) is 0.476. The normalized spacial score (nSPS) is 8.80. The Bertz CT molecular complexity index is 95.7. The van der Waals surface area contributed by atoms with Crippen molar-refractivity contribution in [3.8, 4) is 0 Å². The molecule has 0 fully saturated rings. The van der Waals surface area contributed by atoms with Crippen molar-refractivity contribution in [3.05, 3.63) is 0 Å². The van der Waals surface area contributed by atoms with Crippen LogP contribution in [0.5, 0.6) is 0 Å². The molecule has 62 valence electrons. The van der Waals surface area contributed by atoms with E-state index in [0.29, 0.717) is 6.42 Å². The van der Waals surface area contributed by atoms with Gasteiger partial charge in [0.2, 0.25) is 0 Å². The summed E-state index contributed by atoms with van der Waals surface area (Å²) >= 11 is 0. The minimum Gasteiger partial charge on any atom is -0.469 e. The van der Waals surface area contributed by atoms with Gasteiger partial charge in [0.15, 0.2) is 0 Å². The first kappa shape index (κ1) is 12.4. The van der Waals surface area contributed by atoms with E-state index in [0.717, 1.165) is 6.54 Å². The van der Waals surface area contributed by atoms with E-state index < -0.39 is 0 Å². The number of halogens is 1. The number of esters is 1. The minimum absolute atomic E-state index is 0. The Hall–Kier alpha value is -0.280. The lowest BCUT2D eigenvalue weighted by molar-refractivity contribution is -0.140. The number of carbonyl (C=O) groups is 1. The van der Waals surface area contributed by atoms with Crippen LogP contribution in [-0.2, 0) is 9.53 Å². The van der Waals surface area contributed by atoms with E-state index in [1.807, 2.05) is 19.0 Å². The molecular weight excluding hydrogens is 154 g/mol. The molecule has 0 unspecified atom stereocenters. The number of methoxy groups -OCH3 is 1. The summed E-state index contributed by atoms with van der Waals surface area (Å²) in [4.78, 5) is 12.4. The molecule has 0 aromatic heterocycles. The average molecular weight is 168 g/mol. The van der Waals surface area contributed by atoms with E-state index in [-0.39, 0.29) is 18.4 Å². The first-order valence-electron chi connectivity index (χ1n) is 2.88. The van der Waals surface area contributed by atoms with Crippen molar-refractivity contribution < 1.29 is 9.53 Å². The van der Waals surface area contributed by atoms with Crippen LogP contribution in [0.2, 0.25) is 0 Å². The van der Waals surface area contributed by atoms with Gasteiger partial charge in [-0.25, -0.2) is 0 Å². The number of carbonyl (C=O) groups excluding carboxylic acids is 1. The van der Waals surface area contributed by atoms with Gasteiger partial charge in [-0.3, -0.25) is 4.79 Å². The van der Waals surface area contributed by atoms with Crippen molar-refractivity contribution in [1.82, 2.24) is 4.90 Å². The maximum absolute atomic E-state index is 10.5. The van der Waals surface area contributed by atoms with Crippen LogP contribution in [-0.4, -0.2) is 38.6 Å². The molecule has 0 N–H and O–H groups in total. The van der Waals surface area contributed by atoms with Crippen molar-refractivity contribution in [3.63, 3.8) is 0 Å². The van der Waals surface area contributed by atoms with Gasteiger partial charge in [0, 0.05) is 6.54 Å². The van der Waals surface area contributed by atoms with Crippen molar-refractivity contribution in [2.24, 2.45) is 0 Å². The highest BCUT2D eigenvalue weighted by Crippen LogP contribution is 1.84. The molecule has 0 aromatic carbocycles. The predicted octanol–water partition coefficient (Wildman–Crippen LogP) is 0.533. The summed E-state index contributed by atoms with van der Waals surface area (Å²) in [5.74, 6) is -0.149. The molecule has 0 aliphatic heterocycles. The van der Waals surface area contributed by atoms with Gasteiger partial charge in [-0.15, -0.1) is 12.4 Å². The van der Waals surface area contributed by atoms with Crippen LogP contribution >= 0.6 is 12.4 Å². The van der Waals surface area contributed by atoms with E-state index >= 15 is 0 Å². The van der Waals surface area contributed by atoms with E-state index in [2.05, 4.69) is 4.74 Å². The molecule has 0 saturated carbocycles. The topological polar surface area (TPSA) is 29.5 Å². The number of hydrogen-bond acceptors (Lipinski definition) is 3. The molecule has 0 amide bonds. The van der Waals surface area contributed by atoms with Gasteiger partial charge in [-0.2, -0.15) is 0 Å².